The van der Waals surface area contributed by atoms with Crippen molar-refractivity contribution in [3.8, 4) is 5.75 Å². The fourth-order valence-corrected chi connectivity index (χ4v) is 2.91. The zero-order chi connectivity index (χ0) is 14.3. The molecule has 3 rings (SSSR count). The molecule has 0 bridgehead atoms. The van der Waals surface area contributed by atoms with Crippen LogP contribution < -0.4 is 10.1 Å². The normalized spacial score (nSPS) is 16.4. The van der Waals surface area contributed by atoms with E-state index in [1.54, 1.807) is 7.11 Å². The van der Waals surface area contributed by atoms with Gasteiger partial charge >= 0.3 is 0 Å². The molecule has 0 saturated heterocycles. The Balaban J connectivity index is 2.17. The Morgan fingerprint density at radius 1 is 1.35 bits per heavy atom. The molecule has 0 radical (unpaired) electrons. The average molecular weight is 275 g/mol. The maximum absolute atomic E-state index is 6.08. The minimum absolute atomic E-state index is 0.159. The number of rotatable bonds is 4. The second kappa shape index (κ2) is 4.79. The highest BCUT2D eigenvalue weighted by Crippen LogP contribution is 2.43. The lowest BCUT2D eigenvalue weighted by atomic mass is 10.0. The first-order chi connectivity index (χ1) is 9.55. The number of hydrogen-bond donors (Lipinski definition) is 1. The van der Waals surface area contributed by atoms with E-state index in [0.29, 0.717) is 13.2 Å². The summed E-state index contributed by atoms with van der Waals surface area (Å²) in [5, 5.41) is 4.23. The van der Waals surface area contributed by atoms with Crippen molar-refractivity contribution >= 4 is 11.0 Å². The molecule has 1 N–H and O–H groups in total. The maximum atomic E-state index is 6.08. The van der Waals surface area contributed by atoms with E-state index in [4.69, 9.17) is 13.9 Å². The molecule has 20 heavy (non-hydrogen) atoms. The molecule has 0 amide bonds. The summed E-state index contributed by atoms with van der Waals surface area (Å²) in [6.07, 6.45) is 0.917. The number of methoxy groups -OCH3 is 1. The molecule has 1 aromatic heterocycles. The number of hydrogen-bond acceptors (Lipinski definition) is 4. The van der Waals surface area contributed by atoms with E-state index in [1.807, 2.05) is 7.05 Å². The number of nitrogens with one attached hydrogen (secondary N) is 1. The molecule has 2 aromatic rings. The Morgan fingerprint density at radius 2 is 2.15 bits per heavy atom. The van der Waals surface area contributed by atoms with Crippen LogP contribution in [0.2, 0.25) is 0 Å². The zero-order valence-electron chi connectivity index (χ0n) is 12.5. The first-order valence-corrected chi connectivity index (χ1v) is 6.94. The molecule has 0 unspecified atom stereocenters. The topological polar surface area (TPSA) is 43.6 Å². The Morgan fingerprint density at radius 3 is 2.85 bits per heavy atom. The molecular weight excluding hydrogens is 254 g/mol. The fourth-order valence-electron chi connectivity index (χ4n) is 2.91. The molecule has 0 aliphatic carbocycles. The Hall–Kier alpha value is -1.52. The van der Waals surface area contributed by atoms with E-state index in [-0.39, 0.29) is 5.60 Å². The zero-order valence-corrected chi connectivity index (χ0v) is 12.5. The summed E-state index contributed by atoms with van der Waals surface area (Å²) in [4.78, 5) is 0. The van der Waals surface area contributed by atoms with Crippen LogP contribution in [0.1, 0.15) is 30.7 Å². The standard InChI is InChI=1S/C16H21NO3/c1-16(2)7-10-5-6-11-12(9-18-4)13(8-17-3)19-15(11)14(10)20-16/h5-6,17H,7-9H2,1-4H3. The van der Waals surface area contributed by atoms with E-state index >= 15 is 0 Å². The van der Waals surface area contributed by atoms with Crippen LogP contribution in [0.25, 0.3) is 11.0 Å². The van der Waals surface area contributed by atoms with Crippen LogP contribution in [0.5, 0.6) is 5.75 Å². The molecule has 0 fully saturated rings. The quantitative estimate of drug-likeness (QED) is 0.931. The summed E-state index contributed by atoms with van der Waals surface area (Å²) in [6.45, 7) is 5.44. The van der Waals surface area contributed by atoms with Crippen molar-refractivity contribution in [2.75, 3.05) is 14.2 Å². The SMILES string of the molecule is CNCc1oc2c3c(ccc2c1COC)CC(C)(C)O3. The molecular formula is C16H21NO3. The van der Waals surface area contributed by atoms with Gasteiger partial charge in [-0.25, -0.2) is 0 Å². The third-order valence-electron chi connectivity index (χ3n) is 3.70. The Bertz CT molecular complexity index is 643. The predicted octanol–water partition coefficient (Wildman–Crippen LogP) is 3.01. The van der Waals surface area contributed by atoms with Gasteiger partial charge in [0.15, 0.2) is 11.3 Å². The number of fused-ring (bicyclic) bond motifs is 3. The molecule has 4 heteroatoms. The number of ether oxygens (including phenoxy) is 2. The second-order valence-corrected chi connectivity index (χ2v) is 5.94. The summed E-state index contributed by atoms with van der Waals surface area (Å²) in [5.41, 5.74) is 3.02. The summed E-state index contributed by atoms with van der Waals surface area (Å²) in [6, 6.07) is 4.26. The van der Waals surface area contributed by atoms with Gasteiger partial charge in [0, 0.05) is 30.0 Å². The molecule has 1 aromatic carbocycles. The molecule has 0 atom stereocenters. The van der Waals surface area contributed by atoms with Crippen molar-refractivity contribution in [2.45, 2.75) is 39.0 Å². The van der Waals surface area contributed by atoms with E-state index < -0.39 is 0 Å². The van der Waals surface area contributed by atoms with Gasteiger partial charge in [0.25, 0.3) is 0 Å². The third-order valence-corrected chi connectivity index (χ3v) is 3.70. The van der Waals surface area contributed by atoms with Crippen molar-refractivity contribution in [3.63, 3.8) is 0 Å². The smallest absolute Gasteiger partial charge is 0.176 e. The minimum atomic E-state index is -0.159. The van der Waals surface area contributed by atoms with Gasteiger partial charge < -0.3 is 19.2 Å². The highest BCUT2D eigenvalue weighted by Gasteiger charge is 2.33. The first kappa shape index (κ1) is 13.5. The van der Waals surface area contributed by atoms with Gasteiger partial charge in [-0.2, -0.15) is 0 Å². The Kier molecular flexibility index (Phi) is 3.22. The van der Waals surface area contributed by atoms with Crippen molar-refractivity contribution in [1.82, 2.24) is 5.32 Å². The van der Waals surface area contributed by atoms with Crippen LogP contribution in [-0.2, 0) is 24.3 Å². The van der Waals surface area contributed by atoms with Crippen LogP contribution in [-0.4, -0.2) is 19.8 Å². The van der Waals surface area contributed by atoms with Gasteiger partial charge in [-0.1, -0.05) is 12.1 Å². The predicted molar refractivity (Wildman–Crippen MR) is 78.1 cm³/mol. The largest absolute Gasteiger partial charge is 0.483 e. The Labute approximate surface area is 119 Å². The van der Waals surface area contributed by atoms with Crippen LogP contribution in [0.3, 0.4) is 0 Å². The molecule has 1 aliphatic rings. The van der Waals surface area contributed by atoms with Gasteiger partial charge in [0.1, 0.15) is 11.4 Å². The summed E-state index contributed by atoms with van der Waals surface area (Å²) < 4.78 is 17.5. The molecule has 0 spiro atoms. The van der Waals surface area contributed by atoms with Crippen LogP contribution >= 0.6 is 0 Å². The highest BCUT2D eigenvalue weighted by atomic mass is 16.5. The highest BCUT2D eigenvalue weighted by molar-refractivity contribution is 5.89. The van der Waals surface area contributed by atoms with Crippen molar-refractivity contribution in [2.24, 2.45) is 0 Å². The summed E-state index contributed by atoms with van der Waals surface area (Å²) >= 11 is 0. The lowest BCUT2D eigenvalue weighted by Crippen LogP contribution is -2.24. The van der Waals surface area contributed by atoms with Gasteiger partial charge in [0.2, 0.25) is 0 Å². The number of furan rings is 1. The van der Waals surface area contributed by atoms with Crippen LogP contribution in [0.15, 0.2) is 16.5 Å². The van der Waals surface area contributed by atoms with E-state index in [1.165, 1.54) is 5.56 Å². The molecule has 4 nitrogen and oxygen atoms in total. The minimum Gasteiger partial charge on any atom is -0.483 e. The van der Waals surface area contributed by atoms with Gasteiger partial charge in [-0.15, -0.1) is 0 Å². The van der Waals surface area contributed by atoms with Crippen LogP contribution in [0, 0.1) is 0 Å². The van der Waals surface area contributed by atoms with Gasteiger partial charge in [-0.05, 0) is 20.9 Å². The van der Waals surface area contributed by atoms with Gasteiger partial charge in [0.05, 0.1) is 13.2 Å². The van der Waals surface area contributed by atoms with E-state index in [2.05, 4.69) is 31.3 Å². The molecule has 2 heterocycles. The second-order valence-electron chi connectivity index (χ2n) is 5.94. The molecule has 1 aliphatic heterocycles. The molecule has 0 saturated carbocycles. The van der Waals surface area contributed by atoms with E-state index in [0.717, 1.165) is 34.5 Å². The number of benzene rings is 1. The van der Waals surface area contributed by atoms with Crippen molar-refractivity contribution < 1.29 is 13.9 Å². The monoisotopic (exact) mass is 275 g/mol. The van der Waals surface area contributed by atoms with Crippen molar-refractivity contribution in [3.05, 3.63) is 29.0 Å². The fraction of sp³-hybridized carbons (Fsp3) is 0.500. The average Bonchev–Trinajstić information content (AvgIpc) is 2.87. The maximum Gasteiger partial charge on any atom is 0.176 e. The van der Waals surface area contributed by atoms with Gasteiger partial charge in [-0.3, -0.25) is 0 Å². The first-order valence-electron chi connectivity index (χ1n) is 6.94. The van der Waals surface area contributed by atoms with E-state index in [9.17, 15) is 0 Å². The third kappa shape index (κ3) is 2.09. The van der Waals surface area contributed by atoms with Crippen molar-refractivity contribution in [1.29, 1.82) is 0 Å². The lowest BCUT2D eigenvalue weighted by Gasteiger charge is -2.16. The summed E-state index contributed by atoms with van der Waals surface area (Å²) in [5.74, 6) is 1.82. The molecule has 108 valence electrons. The van der Waals surface area contributed by atoms with Crippen LogP contribution in [0.4, 0.5) is 0 Å². The lowest BCUT2D eigenvalue weighted by molar-refractivity contribution is 0.138. The summed E-state index contributed by atoms with van der Waals surface area (Å²) in [7, 11) is 3.61.